The zero-order valence-electron chi connectivity index (χ0n) is 21.1. The summed E-state index contributed by atoms with van der Waals surface area (Å²) in [5, 5.41) is 0. The van der Waals surface area contributed by atoms with E-state index < -0.39 is 59.8 Å². The molecule has 0 radical (unpaired) electrons. The van der Waals surface area contributed by atoms with Crippen LogP contribution in [0.25, 0.3) is 0 Å². The summed E-state index contributed by atoms with van der Waals surface area (Å²) in [5.74, 6) is -7.42. The van der Waals surface area contributed by atoms with Crippen LogP contribution >= 0.6 is 0 Å². The Bertz CT molecular complexity index is 834. The average molecular weight is 510 g/mol. The number of esters is 1. The van der Waals surface area contributed by atoms with E-state index in [2.05, 4.69) is 20.4 Å². The van der Waals surface area contributed by atoms with E-state index in [4.69, 9.17) is 9.47 Å². The summed E-state index contributed by atoms with van der Waals surface area (Å²) in [5.41, 5.74) is -1.94. The summed E-state index contributed by atoms with van der Waals surface area (Å²) in [6, 6.07) is 0. The van der Waals surface area contributed by atoms with Crippen molar-refractivity contribution in [2.24, 2.45) is 17.3 Å². The molecule has 0 aromatic carbocycles. The van der Waals surface area contributed by atoms with E-state index in [0.29, 0.717) is 25.2 Å². The molecule has 35 heavy (non-hydrogen) atoms. The maximum atomic E-state index is 13.9. The molecule has 1 amide bonds. The summed E-state index contributed by atoms with van der Waals surface area (Å²) in [4.78, 5) is 26.5. The molecule has 1 saturated heterocycles. The van der Waals surface area contributed by atoms with Gasteiger partial charge in [-0.3, -0.25) is 4.79 Å². The summed E-state index contributed by atoms with van der Waals surface area (Å²) in [7, 11) is 0. The molecule has 5 nitrogen and oxygen atoms in total. The Kier molecular flexibility index (Phi) is 11.9. The predicted molar refractivity (Wildman–Crippen MR) is 123 cm³/mol. The van der Waals surface area contributed by atoms with Crippen LogP contribution in [0.1, 0.15) is 60.3 Å². The molecular weight excluding hydrogens is 473 g/mol. The van der Waals surface area contributed by atoms with Crippen molar-refractivity contribution in [2.75, 3.05) is 26.4 Å². The second kappa shape index (κ2) is 13.6. The third-order valence-corrected chi connectivity index (χ3v) is 6.65. The number of amides is 1. The first-order chi connectivity index (χ1) is 16.3. The molecule has 0 bridgehead atoms. The Labute approximate surface area is 204 Å². The number of hydrogen-bond donors (Lipinski definition) is 0. The summed E-state index contributed by atoms with van der Waals surface area (Å²) >= 11 is 0. The van der Waals surface area contributed by atoms with Gasteiger partial charge in [0, 0.05) is 25.9 Å². The lowest BCUT2D eigenvalue weighted by molar-refractivity contribution is -0.166. The SMILES string of the molecule is C=C(F)C(F)=C(COC(=O)N1CCC(OC(=O)C(C)(CC(C)CC)C(C)C)CC1)C(F)=C(F)CF. The van der Waals surface area contributed by atoms with Crippen molar-refractivity contribution in [1.29, 1.82) is 0 Å². The van der Waals surface area contributed by atoms with Crippen molar-refractivity contribution in [3.8, 4) is 0 Å². The number of nitrogens with zero attached hydrogens (tertiary/aromatic N) is 1. The molecule has 2 atom stereocenters. The molecule has 0 aliphatic carbocycles. The van der Waals surface area contributed by atoms with Gasteiger partial charge in [0.1, 0.15) is 19.4 Å². The van der Waals surface area contributed by atoms with Gasteiger partial charge in [-0.15, -0.1) is 0 Å². The highest BCUT2D eigenvalue weighted by atomic mass is 19.2. The molecule has 10 heteroatoms. The van der Waals surface area contributed by atoms with E-state index in [0.717, 1.165) is 6.42 Å². The summed E-state index contributed by atoms with van der Waals surface area (Å²) in [6.45, 7) is 9.87. The van der Waals surface area contributed by atoms with Crippen molar-refractivity contribution in [2.45, 2.75) is 66.4 Å². The molecular formula is C25H36F5NO4. The van der Waals surface area contributed by atoms with Crippen LogP contribution in [0.15, 0.2) is 35.5 Å². The van der Waals surface area contributed by atoms with Crippen LogP contribution in [-0.4, -0.2) is 49.4 Å². The molecule has 0 aromatic rings. The molecule has 0 N–H and O–H groups in total. The largest absolute Gasteiger partial charge is 0.462 e. The lowest BCUT2D eigenvalue weighted by Gasteiger charge is -2.37. The van der Waals surface area contributed by atoms with E-state index >= 15 is 0 Å². The number of carbonyl (C=O) groups is 2. The first-order valence-electron chi connectivity index (χ1n) is 11.7. The third kappa shape index (κ3) is 8.35. The van der Waals surface area contributed by atoms with Gasteiger partial charge in [-0.25, -0.2) is 26.7 Å². The number of likely N-dealkylation sites (tertiary alicyclic amines) is 1. The Morgan fingerprint density at radius 1 is 1.09 bits per heavy atom. The number of rotatable bonds is 11. The van der Waals surface area contributed by atoms with Crippen molar-refractivity contribution in [3.63, 3.8) is 0 Å². The molecule has 0 saturated carbocycles. The number of carbonyl (C=O) groups excluding carboxylic acids is 2. The highest BCUT2D eigenvalue weighted by molar-refractivity contribution is 5.77. The van der Waals surface area contributed by atoms with Gasteiger partial charge in [-0.2, -0.15) is 0 Å². The minimum atomic E-state index is -1.99. The molecule has 1 fully saturated rings. The van der Waals surface area contributed by atoms with Gasteiger partial charge in [0.15, 0.2) is 23.3 Å². The zero-order valence-corrected chi connectivity index (χ0v) is 21.1. The first kappa shape index (κ1) is 30.6. The lowest BCUT2D eigenvalue weighted by Crippen LogP contribution is -2.44. The van der Waals surface area contributed by atoms with Crippen molar-refractivity contribution in [1.82, 2.24) is 4.90 Å². The standard InChI is InChI=1S/C25H36F5NO4/c1-7-16(4)12-25(6,15(2)3)23(32)35-18-8-10-31(11-9-18)24(33)34-14-19(21(29)17(5)27)22(30)20(28)13-26/h15-16,18H,5,7-14H2,1-4,6H3. The zero-order chi connectivity index (χ0) is 26.9. The molecule has 1 heterocycles. The first-order valence-corrected chi connectivity index (χ1v) is 11.7. The minimum absolute atomic E-state index is 0.0683. The molecule has 200 valence electrons. The monoisotopic (exact) mass is 509 g/mol. The Hall–Kier alpha value is -2.39. The maximum Gasteiger partial charge on any atom is 0.410 e. The van der Waals surface area contributed by atoms with Gasteiger partial charge in [0.25, 0.3) is 0 Å². The predicted octanol–water partition coefficient (Wildman–Crippen LogP) is 7.06. The Balaban J connectivity index is 2.75. The van der Waals surface area contributed by atoms with Crippen molar-refractivity contribution < 1.29 is 41.0 Å². The molecule has 0 aromatic heterocycles. The summed E-state index contributed by atoms with van der Waals surface area (Å²) in [6.07, 6.45) is 0.876. The second-order valence-corrected chi connectivity index (χ2v) is 9.49. The molecule has 1 rings (SSSR count). The molecule has 1 aliphatic heterocycles. The van der Waals surface area contributed by atoms with Crippen molar-refractivity contribution in [3.05, 3.63) is 35.5 Å². The maximum absolute atomic E-state index is 13.9. The highest BCUT2D eigenvalue weighted by Crippen LogP contribution is 2.37. The van der Waals surface area contributed by atoms with Gasteiger partial charge in [-0.05, 0) is 25.2 Å². The van der Waals surface area contributed by atoms with Gasteiger partial charge in [0.05, 0.1) is 11.0 Å². The molecule has 2 unspecified atom stereocenters. The summed E-state index contributed by atoms with van der Waals surface area (Å²) < 4.78 is 77.0. The number of halogens is 5. The van der Waals surface area contributed by atoms with E-state index in [-0.39, 0.29) is 25.0 Å². The minimum Gasteiger partial charge on any atom is -0.462 e. The van der Waals surface area contributed by atoms with Gasteiger partial charge in [0.2, 0.25) is 0 Å². The smallest absolute Gasteiger partial charge is 0.410 e. The fourth-order valence-corrected chi connectivity index (χ4v) is 3.70. The van der Waals surface area contributed by atoms with E-state index in [1.807, 2.05) is 20.8 Å². The molecule has 1 aliphatic rings. The van der Waals surface area contributed by atoms with Gasteiger partial charge in [-0.1, -0.05) is 40.7 Å². The normalized spacial score (nSPS) is 18.9. The lowest BCUT2D eigenvalue weighted by atomic mass is 9.72. The van der Waals surface area contributed by atoms with Crippen LogP contribution in [0.4, 0.5) is 26.7 Å². The van der Waals surface area contributed by atoms with E-state index in [1.165, 1.54) is 4.90 Å². The second-order valence-electron chi connectivity index (χ2n) is 9.49. The number of piperidine rings is 1. The Morgan fingerprint density at radius 3 is 2.11 bits per heavy atom. The van der Waals surface area contributed by atoms with Crippen LogP contribution < -0.4 is 0 Å². The number of hydrogen-bond acceptors (Lipinski definition) is 4. The van der Waals surface area contributed by atoms with Crippen LogP contribution in [0.5, 0.6) is 0 Å². The topological polar surface area (TPSA) is 55.8 Å². The van der Waals surface area contributed by atoms with Gasteiger partial charge < -0.3 is 14.4 Å². The number of ether oxygens (including phenoxy) is 2. The number of allylic oxidation sites excluding steroid dienone is 3. The number of alkyl halides is 1. The fraction of sp³-hybridized carbons (Fsp3) is 0.680. The highest BCUT2D eigenvalue weighted by Gasteiger charge is 2.40. The van der Waals surface area contributed by atoms with E-state index in [9.17, 15) is 31.5 Å². The van der Waals surface area contributed by atoms with Gasteiger partial charge >= 0.3 is 12.1 Å². The fourth-order valence-electron chi connectivity index (χ4n) is 3.70. The quantitative estimate of drug-likeness (QED) is 0.170. The van der Waals surface area contributed by atoms with Crippen LogP contribution in [-0.2, 0) is 14.3 Å². The van der Waals surface area contributed by atoms with Crippen molar-refractivity contribution >= 4 is 12.1 Å². The van der Waals surface area contributed by atoms with E-state index in [1.54, 1.807) is 0 Å². The van der Waals surface area contributed by atoms with Crippen LogP contribution in [0.3, 0.4) is 0 Å². The van der Waals surface area contributed by atoms with Crippen LogP contribution in [0, 0.1) is 17.3 Å². The molecule has 0 spiro atoms. The Morgan fingerprint density at radius 2 is 1.66 bits per heavy atom. The average Bonchev–Trinajstić information content (AvgIpc) is 2.82. The van der Waals surface area contributed by atoms with Crippen LogP contribution in [0.2, 0.25) is 0 Å². The third-order valence-electron chi connectivity index (χ3n) is 6.65.